The first-order valence-electron chi connectivity index (χ1n) is 7.89. The number of carbonyl (C=O) groups excluding carboxylic acids is 1. The largest absolute Gasteiger partial charge is 0.461 e. The maximum atomic E-state index is 12.3. The van der Waals surface area contributed by atoms with E-state index >= 15 is 0 Å². The number of esters is 1. The molecule has 19 heavy (non-hydrogen) atoms. The number of piperidine rings is 1. The number of hydrogen-bond acceptors (Lipinski definition) is 3. The van der Waals surface area contributed by atoms with Crippen LogP contribution < -0.4 is 5.32 Å². The van der Waals surface area contributed by atoms with E-state index in [1.165, 1.54) is 19.3 Å². The Balaban J connectivity index is 1.66. The molecule has 108 valence electrons. The van der Waals surface area contributed by atoms with Crippen molar-refractivity contribution in [1.82, 2.24) is 5.32 Å². The molecule has 0 aromatic carbocycles. The standard InChI is InChI=1S/C16H27NO2/c1-15(2)11-7-8-16(15,3)13(10-11)19-14(18)12-6-4-5-9-17-12/h11-13,17H,4-10H2,1-3H3. The van der Waals surface area contributed by atoms with Crippen molar-refractivity contribution in [3.05, 3.63) is 0 Å². The fourth-order valence-electron chi connectivity index (χ4n) is 4.58. The molecule has 1 N–H and O–H groups in total. The summed E-state index contributed by atoms with van der Waals surface area (Å²) in [5.74, 6) is 0.726. The molecule has 2 bridgehead atoms. The van der Waals surface area contributed by atoms with Crippen molar-refractivity contribution in [1.29, 1.82) is 0 Å². The number of ether oxygens (including phenoxy) is 1. The molecule has 2 saturated carbocycles. The van der Waals surface area contributed by atoms with Crippen LogP contribution in [-0.4, -0.2) is 24.7 Å². The van der Waals surface area contributed by atoms with Gasteiger partial charge < -0.3 is 10.1 Å². The summed E-state index contributed by atoms with van der Waals surface area (Å²) >= 11 is 0. The second-order valence-electron chi connectivity index (χ2n) is 7.54. The Labute approximate surface area is 116 Å². The van der Waals surface area contributed by atoms with E-state index < -0.39 is 0 Å². The van der Waals surface area contributed by atoms with Gasteiger partial charge in [-0.05, 0) is 50.0 Å². The predicted octanol–water partition coefficient (Wildman–Crippen LogP) is 2.89. The first-order valence-corrected chi connectivity index (χ1v) is 7.89. The Morgan fingerprint density at radius 2 is 2.00 bits per heavy atom. The third-order valence-electron chi connectivity index (χ3n) is 6.57. The van der Waals surface area contributed by atoms with Crippen LogP contribution in [-0.2, 0) is 9.53 Å². The van der Waals surface area contributed by atoms with Crippen LogP contribution in [0.1, 0.15) is 59.3 Å². The van der Waals surface area contributed by atoms with E-state index in [4.69, 9.17) is 4.74 Å². The zero-order chi connectivity index (χ0) is 13.7. The average molecular weight is 265 g/mol. The van der Waals surface area contributed by atoms with Gasteiger partial charge in [0.25, 0.3) is 0 Å². The van der Waals surface area contributed by atoms with Crippen LogP contribution in [0, 0.1) is 16.7 Å². The molecule has 3 nitrogen and oxygen atoms in total. The Kier molecular flexibility index (Phi) is 3.16. The Morgan fingerprint density at radius 3 is 2.53 bits per heavy atom. The number of rotatable bonds is 2. The van der Waals surface area contributed by atoms with Gasteiger partial charge in [-0.1, -0.05) is 27.2 Å². The van der Waals surface area contributed by atoms with Gasteiger partial charge in [-0.3, -0.25) is 4.79 Å². The van der Waals surface area contributed by atoms with Crippen molar-refractivity contribution in [3.8, 4) is 0 Å². The molecule has 3 heteroatoms. The van der Waals surface area contributed by atoms with Crippen LogP contribution in [0.5, 0.6) is 0 Å². The van der Waals surface area contributed by atoms with E-state index in [2.05, 4.69) is 26.1 Å². The van der Waals surface area contributed by atoms with Gasteiger partial charge in [-0.2, -0.15) is 0 Å². The highest BCUT2D eigenvalue weighted by atomic mass is 16.5. The molecule has 1 heterocycles. The normalized spacial score (nSPS) is 44.3. The molecular formula is C16H27NO2. The number of nitrogens with one attached hydrogen (secondary N) is 1. The molecule has 0 amide bonds. The monoisotopic (exact) mass is 265 g/mol. The van der Waals surface area contributed by atoms with Crippen molar-refractivity contribution in [2.75, 3.05) is 6.54 Å². The molecule has 3 aliphatic rings. The summed E-state index contributed by atoms with van der Waals surface area (Å²) in [4.78, 5) is 12.3. The maximum Gasteiger partial charge on any atom is 0.323 e. The fraction of sp³-hybridized carbons (Fsp3) is 0.938. The van der Waals surface area contributed by atoms with Gasteiger partial charge in [0.2, 0.25) is 0 Å². The summed E-state index contributed by atoms with van der Waals surface area (Å²) in [5, 5.41) is 3.30. The average Bonchev–Trinajstić information content (AvgIpc) is 2.73. The lowest BCUT2D eigenvalue weighted by Gasteiger charge is -2.39. The third-order valence-corrected chi connectivity index (χ3v) is 6.57. The minimum atomic E-state index is -0.0559. The molecule has 2 aliphatic carbocycles. The van der Waals surface area contributed by atoms with Gasteiger partial charge >= 0.3 is 5.97 Å². The van der Waals surface area contributed by atoms with E-state index in [0.29, 0.717) is 5.41 Å². The van der Waals surface area contributed by atoms with E-state index in [1.807, 2.05) is 0 Å². The number of hydrogen-bond donors (Lipinski definition) is 1. The topological polar surface area (TPSA) is 38.3 Å². The summed E-state index contributed by atoms with van der Waals surface area (Å²) in [7, 11) is 0. The van der Waals surface area contributed by atoms with E-state index in [9.17, 15) is 4.79 Å². The summed E-state index contributed by atoms with van der Waals surface area (Å²) in [6, 6.07) is -0.0559. The first kappa shape index (κ1) is 13.4. The lowest BCUT2D eigenvalue weighted by molar-refractivity contribution is -0.160. The molecule has 4 atom stereocenters. The molecule has 1 saturated heterocycles. The summed E-state index contributed by atoms with van der Waals surface area (Å²) < 4.78 is 5.92. The molecule has 3 fully saturated rings. The lowest BCUT2D eigenvalue weighted by Crippen LogP contribution is -2.45. The third kappa shape index (κ3) is 1.93. The smallest absolute Gasteiger partial charge is 0.323 e. The molecule has 0 aromatic rings. The second-order valence-corrected chi connectivity index (χ2v) is 7.54. The van der Waals surface area contributed by atoms with Crippen LogP contribution in [0.15, 0.2) is 0 Å². The highest BCUT2D eigenvalue weighted by molar-refractivity contribution is 5.76. The van der Waals surface area contributed by atoms with Crippen LogP contribution in [0.2, 0.25) is 0 Å². The summed E-state index contributed by atoms with van der Waals surface area (Å²) in [5.41, 5.74) is 0.500. The molecule has 1 aliphatic heterocycles. The van der Waals surface area contributed by atoms with Crippen molar-refractivity contribution in [2.24, 2.45) is 16.7 Å². The zero-order valence-corrected chi connectivity index (χ0v) is 12.5. The van der Waals surface area contributed by atoms with Crippen LogP contribution in [0.3, 0.4) is 0 Å². The highest BCUT2D eigenvalue weighted by Gasteiger charge is 2.63. The van der Waals surface area contributed by atoms with Gasteiger partial charge in [0.1, 0.15) is 12.1 Å². The summed E-state index contributed by atoms with van der Waals surface area (Å²) in [6.45, 7) is 8.00. The van der Waals surface area contributed by atoms with Crippen LogP contribution in [0.4, 0.5) is 0 Å². The van der Waals surface area contributed by atoms with E-state index in [0.717, 1.165) is 31.7 Å². The molecule has 0 aromatic heterocycles. The quantitative estimate of drug-likeness (QED) is 0.780. The van der Waals surface area contributed by atoms with Gasteiger partial charge in [-0.15, -0.1) is 0 Å². The summed E-state index contributed by atoms with van der Waals surface area (Å²) in [6.07, 6.45) is 6.98. The van der Waals surface area contributed by atoms with Gasteiger partial charge in [0.05, 0.1) is 0 Å². The van der Waals surface area contributed by atoms with E-state index in [-0.39, 0.29) is 23.5 Å². The number of fused-ring (bicyclic) bond motifs is 2. The van der Waals surface area contributed by atoms with E-state index in [1.54, 1.807) is 0 Å². The SMILES string of the molecule is CC1(C)C2CCC1(C)C(OC(=O)C1CCCCN1)C2. The Morgan fingerprint density at radius 1 is 1.21 bits per heavy atom. The van der Waals surface area contributed by atoms with Gasteiger partial charge in [0.15, 0.2) is 0 Å². The van der Waals surface area contributed by atoms with Crippen molar-refractivity contribution in [3.63, 3.8) is 0 Å². The van der Waals surface area contributed by atoms with Crippen molar-refractivity contribution < 1.29 is 9.53 Å². The zero-order valence-electron chi connectivity index (χ0n) is 12.5. The predicted molar refractivity (Wildman–Crippen MR) is 74.8 cm³/mol. The molecule has 3 rings (SSSR count). The van der Waals surface area contributed by atoms with Crippen molar-refractivity contribution >= 4 is 5.97 Å². The minimum absolute atomic E-state index is 0.00530. The fourth-order valence-corrected chi connectivity index (χ4v) is 4.58. The van der Waals surface area contributed by atoms with Gasteiger partial charge in [0, 0.05) is 5.41 Å². The number of carbonyl (C=O) groups is 1. The molecule has 0 radical (unpaired) electrons. The highest BCUT2D eigenvalue weighted by Crippen LogP contribution is 2.66. The Hall–Kier alpha value is -0.570. The van der Waals surface area contributed by atoms with Crippen molar-refractivity contribution in [2.45, 2.75) is 71.4 Å². The van der Waals surface area contributed by atoms with Crippen LogP contribution >= 0.6 is 0 Å². The second kappa shape index (κ2) is 4.47. The molecular weight excluding hydrogens is 238 g/mol. The minimum Gasteiger partial charge on any atom is -0.461 e. The first-order chi connectivity index (χ1) is 8.95. The lowest BCUT2D eigenvalue weighted by atomic mass is 9.70. The molecule has 0 spiro atoms. The Bertz CT molecular complexity index is 373. The molecule has 4 unspecified atom stereocenters. The van der Waals surface area contributed by atoms with Crippen LogP contribution in [0.25, 0.3) is 0 Å². The maximum absolute atomic E-state index is 12.3. The van der Waals surface area contributed by atoms with Gasteiger partial charge in [-0.25, -0.2) is 0 Å².